The number of hydrogen-bond acceptors (Lipinski definition) is 5. The number of carbonyl (C=O) groups is 1. The highest BCUT2D eigenvalue weighted by Crippen LogP contribution is 2.24. The Labute approximate surface area is 181 Å². The summed E-state index contributed by atoms with van der Waals surface area (Å²) in [5.41, 5.74) is 2.79. The zero-order valence-corrected chi connectivity index (χ0v) is 18.3. The Morgan fingerprint density at radius 1 is 1.07 bits per heavy atom. The monoisotopic (exact) mass is 525 g/mol. The second-order valence-corrected chi connectivity index (χ2v) is 9.70. The number of halogens is 1. The highest BCUT2D eigenvalue weighted by Gasteiger charge is 2.27. The first-order valence-electron chi connectivity index (χ1n) is 8.15. The van der Waals surface area contributed by atoms with Crippen molar-refractivity contribution in [2.24, 2.45) is 5.10 Å². The van der Waals surface area contributed by atoms with Crippen molar-refractivity contribution in [1.82, 2.24) is 5.43 Å². The Kier molecular flexibility index (Phi) is 6.81. The fourth-order valence-electron chi connectivity index (χ4n) is 2.34. The van der Waals surface area contributed by atoms with E-state index in [4.69, 9.17) is 0 Å². The van der Waals surface area contributed by atoms with E-state index in [1.807, 2.05) is 17.5 Å². The van der Waals surface area contributed by atoms with Gasteiger partial charge in [0.2, 0.25) is 0 Å². The number of hydrazone groups is 1. The topological polar surface area (TPSA) is 78.8 Å². The molecular formula is C19H16IN3O3S2. The van der Waals surface area contributed by atoms with Crippen molar-refractivity contribution in [3.8, 4) is 0 Å². The predicted octanol–water partition coefficient (Wildman–Crippen LogP) is 3.70. The number of nitrogens with zero attached hydrogens (tertiary/aromatic N) is 2. The lowest BCUT2D eigenvalue weighted by atomic mass is 10.3. The molecular weight excluding hydrogens is 509 g/mol. The van der Waals surface area contributed by atoms with Gasteiger partial charge in [0.25, 0.3) is 15.9 Å². The lowest BCUT2D eigenvalue weighted by Crippen LogP contribution is -2.39. The van der Waals surface area contributed by atoms with Crippen molar-refractivity contribution in [1.29, 1.82) is 0 Å². The molecule has 0 saturated heterocycles. The van der Waals surface area contributed by atoms with Crippen LogP contribution in [0.5, 0.6) is 0 Å². The number of rotatable bonds is 7. The van der Waals surface area contributed by atoms with Gasteiger partial charge in [-0.2, -0.15) is 5.10 Å². The van der Waals surface area contributed by atoms with Gasteiger partial charge in [-0.3, -0.25) is 9.10 Å². The molecule has 6 nitrogen and oxygen atoms in total. The Bertz CT molecular complexity index is 1050. The van der Waals surface area contributed by atoms with Crippen molar-refractivity contribution in [3.63, 3.8) is 0 Å². The van der Waals surface area contributed by atoms with Gasteiger partial charge in [0.15, 0.2) is 0 Å². The summed E-state index contributed by atoms with van der Waals surface area (Å²) in [6, 6.07) is 18.7. The number of benzene rings is 2. The number of thiophene rings is 1. The maximum absolute atomic E-state index is 13.1. The van der Waals surface area contributed by atoms with E-state index in [1.54, 1.807) is 42.5 Å². The Hall–Kier alpha value is -2.24. The minimum Gasteiger partial charge on any atom is -0.271 e. The maximum atomic E-state index is 13.1. The van der Waals surface area contributed by atoms with Gasteiger partial charge in [-0.05, 0) is 70.4 Å². The number of hydrogen-bond donors (Lipinski definition) is 1. The van der Waals surface area contributed by atoms with Crippen molar-refractivity contribution in [2.75, 3.05) is 10.8 Å². The first-order chi connectivity index (χ1) is 13.5. The molecule has 0 saturated carbocycles. The molecule has 0 aliphatic rings. The van der Waals surface area contributed by atoms with Crippen LogP contribution in [0.15, 0.2) is 82.1 Å². The largest absolute Gasteiger partial charge is 0.271 e. The molecule has 28 heavy (non-hydrogen) atoms. The summed E-state index contributed by atoms with van der Waals surface area (Å²) >= 11 is 3.62. The SMILES string of the molecule is O=C(CN(c1ccc(I)cc1)S(=O)(=O)c1ccccc1)N/N=C\c1cccs1. The molecule has 0 radical (unpaired) electrons. The van der Waals surface area contributed by atoms with E-state index in [0.717, 1.165) is 12.8 Å². The van der Waals surface area contributed by atoms with Crippen LogP contribution in [0.3, 0.4) is 0 Å². The van der Waals surface area contributed by atoms with Gasteiger partial charge < -0.3 is 0 Å². The number of anilines is 1. The third-order valence-electron chi connectivity index (χ3n) is 3.66. The summed E-state index contributed by atoms with van der Waals surface area (Å²) in [4.78, 5) is 13.4. The molecule has 1 N–H and O–H groups in total. The van der Waals surface area contributed by atoms with E-state index in [9.17, 15) is 13.2 Å². The van der Waals surface area contributed by atoms with E-state index >= 15 is 0 Å². The van der Waals surface area contributed by atoms with Gasteiger partial charge in [-0.1, -0.05) is 24.3 Å². The fraction of sp³-hybridized carbons (Fsp3) is 0.0526. The third-order valence-corrected chi connectivity index (χ3v) is 6.97. The van der Waals surface area contributed by atoms with Gasteiger partial charge in [-0.25, -0.2) is 13.8 Å². The van der Waals surface area contributed by atoms with Crippen molar-refractivity contribution in [3.05, 3.63) is 80.6 Å². The lowest BCUT2D eigenvalue weighted by Gasteiger charge is -2.23. The van der Waals surface area contributed by atoms with Gasteiger partial charge in [0.1, 0.15) is 6.54 Å². The molecule has 3 aromatic rings. The van der Waals surface area contributed by atoms with E-state index in [0.29, 0.717) is 5.69 Å². The van der Waals surface area contributed by atoms with Crippen LogP contribution < -0.4 is 9.73 Å². The molecule has 144 valence electrons. The molecule has 2 aromatic carbocycles. The van der Waals surface area contributed by atoms with Crippen molar-refractivity contribution in [2.45, 2.75) is 4.90 Å². The molecule has 1 aromatic heterocycles. The number of amides is 1. The number of sulfonamides is 1. The average Bonchev–Trinajstić information content (AvgIpc) is 3.21. The molecule has 0 bridgehead atoms. The second-order valence-electron chi connectivity index (χ2n) is 5.61. The van der Waals surface area contributed by atoms with Crippen LogP contribution in [0, 0.1) is 3.57 Å². The normalized spacial score (nSPS) is 11.5. The molecule has 0 aliphatic heterocycles. The Balaban J connectivity index is 1.84. The van der Waals surface area contributed by atoms with Crippen LogP contribution in [-0.2, 0) is 14.8 Å². The first-order valence-corrected chi connectivity index (χ1v) is 11.6. The van der Waals surface area contributed by atoms with Gasteiger partial charge >= 0.3 is 0 Å². The first kappa shape index (κ1) is 20.5. The van der Waals surface area contributed by atoms with Crippen LogP contribution in [0.2, 0.25) is 0 Å². The lowest BCUT2D eigenvalue weighted by molar-refractivity contribution is -0.119. The smallest absolute Gasteiger partial charge is 0.264 e. The highest BCUT2D eigenvalue weighted by atomic mass is 127. The summed E-state index contributed by atoms with van der Waals surface area (Å²) in [7, 11) is -3.91. The average molecular weight is 525 g/mol. The minimum atomic E-state index is -3.91. The minimum absolute atomic E-state index is 0.114. The van der Waals surface area contributed by atoms with Gasteiger partial charge in [-0.15, -0.1) is 11.3 Å². The molecule has 1 amide bonds. The summed E-state index contributed by atoms with van der Waals surface area (Å²) in [6.07, 6.45) is 1.52. The standard InChI is InChI=1S/C19H16IN3O3S2/c20-15-8-10-16(11-9-15)23(28(25,26)18-6-2-1-3-7-18)14-19(24)22-21-13-17-5-4-12-27-17/h1-13H,14H2,(H,22,24)/b21-13-. The molecule has 9 heteroatoms. The maximum Gasteiger partial charge on any atom is 0.264 e. The molecule has 3 rings (SSSR count). The van der Waals surface area contributed by atoms with E-state index in [2.05, 4.69) is 33.1 Å². The van der Waals surface area contributed by atoms with Crippen LogP contribution in [0.25, 0.3) is 0 Å². The molecule has 0 spiro atoms. The summed E-state index contributed by atoms with van der Waals surface area (Å²) in [5, 5.41) is 5.79. The molecule has 0 aliphatic carbocycles. The van der Waals surface area contributed by atoms with Gasteiger partial charge in [0.05, 0.1) is 16.8 Å². The van der Waals surface area contributed by atoms with Crippen molar-refractivity contribution >= 4 is 61.8 Å². The summed E-state index contributed by atoms with van der Waals surface area (Å²) < 4.78 is 28.3. The highest BCUT2D eigenvalue weighted by molar-refractivity contribution is 14.1. The van der Waals surface area contributed by atoms with E-state index < -0.39 is 15.9 Å². The molecule has 1 heterocycles. The Morgan fingerprint density at radius 3 is 2.43 bits per heavy atom. The second kappa shape index (κ2) is 9.30. The summed E-state index contributed by atoms with van der Waals surface area (Å²) in [5.74, 6) is -0.536. The molecule has 0 unspecified atom stereocenters. The quantitative estimate of drug-likeness (QED) is 0.290. The summed E-state index contributed by atoms with van der Waals surface area (Å²) in [6.45, 7) is -0.389. The van der Waals surface area contributed by atoms with Crippen LogP contribution in [-0.4, -0.2) is 27.1 Å². The van der Waals surface area contributed by atoms with Crippen molar-refractivity contribution < 1.29 is 13.2 Å². The fourth-order valence-corrected chi connectivity index (χ4v) is 4.73. The predicted molar refractivity (Wildman–Crippen MR) is 120 cm³/mol. The van der Waals surface area contributed by atoms with E-state index in [-0.39, 0.29) is 11.4 Å². The number of nitrogens with one attached hydrogen (secondary N) is 1. The third kappa shape index (κ3) is 5.18. The van der Waals surface area contributed by atoms with Gasteiger partial charge in [0, 0.05) is 8.45 Å². The number of carbonyl (C=O) groups excluding carboxylic acids is 1. The van der Waals surface area contributed by atoms with Crippen LogP contribution in [0.4, 0.5) is 5.69 Å². The molecule has 0 atom stereocenters. The zero-order chi connectivity index (χ0) is 20.0. The van der Waals surface area contributed by atoms with E-state index in [1.165, 1.54) is 29.7 Å². The van der Waals surface area contributed by atoms with Crippen LogP contribution in [0.1, 0.15) is 4.88 Å². The Morgan fingerprint density at radius 2 is 1.79 bits per heavy atom. The zero-order valence-electron chi connectivity index (χ0n) is 14.5. The van der Waals surface area contributed by atoms with Crippen LogP contribution >= 0.6 is 33.9 Å². The molecule has 0 fully saturated rings.